The Labute approximate surface area is 98.4 Å². The number of fused-ring (bicyclic) bond motifs is 1. The molecule has 1 aliphatic heterocycles. The van der Waals surface area contributed by atoms with E-state index in [1.807, 2.05) is 32.9 Å². The van der Waals surface area contributed by atoms with Crippen LogP contribution in [0.3, 0.4) is 0 Å². The van der Waals surface area contributed by atoms with E-state index in [9.17, 15) is 5.11 Å². The van der Waals surface area contributed by atoms with Crippen LogP contribution < -0.4 is 4.74 Å². The van der Waals surface area contributed by atoms with E-state index in [1.54, 1.807) is 0 Å². The van der Waals surface area contributed by atoms with Gasteiger partial charge in [0.05, 0.1) is 6.10 Å². The number of hydrogen-bond acceptors (Lipinski definition) is 2. The molecule has 0 radical (unpaired) electrons. The number of aryl methyl sites for hydroxylation is 1. The second kappa shape index (κ2) is 3.49. The van der Waals surface area contributed by atoms with Crippen LogP contribution >= 0.6 is 15.9 Å². The molecule has 0 spiro atoms. The van der Waals surface area contributed by atoms with Crippen molar-refractivity contribution < 1.29 is 9.84 Å². The maximum atomic E-state index is 10.1. The highest BCUT2D eigenvalue weighted by Gasteiger charge is 2.34. The zero-order valence-electron chi connectivity index (χ0n) is 9.17. The largest absolute Gasteiger partial charge is 0.487 e. The molecule has 1 aliphatic rings. The van der Waals surface area contributed by atoms with Crippen LogP contribution in [0.2, 0.25) is 0 Å². The molecule has 1 unspecified atom stereocenters. The fourth-order valence-corrected chi connectivity index (χ4v) is 2.59. The molecule has 2 rings (SSSR count). The number of benzene rings is 1. The molecule has 2 nitrogen and oxygen atoms in total. The summed E-state index contributed by atoms with van der Waals surface area (Å²) in [7, 11) is 0. The molecule has 15 heavy (non-hydrogen) atoms. The van der Waals surface area contributed by atoms with Crippen LogP contribution in [0, 0.1) is 6.92 Å². The first-order valence-electron chi connectivity index (χ1n) is 5.07. The highest BCUT2D eigenvalue weighted by Crippen LogP contribution is 2.44. The van der Waals surface area contributed by atoms with E-state index in [1.165, 1.54) is 0 Å². The van der Waals surface area contributed by atoms with E-state index < -0.39 is 6.10 Å². The minimum absolute atomic E-state index is 0.294. The Morgan fingerprint density at radius 1 is 1.47 bits per heavy atom. The molecule has 0 bridgehead atoms. The van der Waals surface area contributed by atoms with Crippen LogP contribution in [-0.2, 0) is 0 Å². The van der Waals surface area contributed by atoms with Crippen LogP contribution in [0.5, 0.6) is 5.75 Å². The molecule has 0 amide bonds. The quantitative estimate of drug-likeness (QED) is 0.784. The fraction of sp³-hybridized carbons (Fsp3) is 0.500. The van der Waals surface area contributed by atoms with Gasteiger partial charge in [0, 0.05) is 16.5 Å². The molecule has 0 aromatic heterocycles. The van der Waals surface area contributed by atoms with Crippen LogP contribution in [0.1, 0.15) is 37.5 Å². The molecule has 0 fully saturated rings. The van der Waals surface area contributed by atoms with Gasteiger partial charge < -0.3 is 9.84 Å². The van der Waals surface area contributed by atoms with Gasteiger partial charge in [-0.05, 0) is 32.4 Å². The maximum Gasteiger partial charge on any atom is 0.129 e. The lowest BCUT2D eigenvalue weighted by Crippen LogP contribution is -2.35. The molecule has 3 heteroatoms. The topological polar surface area (TPSA) is 29.5 Å². The molecular formula is C12H15BrO2. The molecule has 1 aromatic rings. The molecular weight excluding hydrogens is 256 g/mol. The van der Waals surface area contributed by atoms with Crippen molar-refractivity contribution in [1.29, 1.82) is 0 Å². The van der Waals surface area contributed by atoms with Gasteiger partial charge in [-0.1, -0.05) is 22.0 Å². The van der Waals surface area contributed by atoms with Crippen molar-refractivity contribution in [3.05, 3.63) is 27.7 Å². The SMILES string of the molecule is Cc1ccc(Br)c2c1OC(C)(C)CC2O. The van der Waals surface area contributed by atoms with E-state index in [0.717, 1.165) is 21.3 Å². The highest BCUT2D eigenvalue weighted by atomic mass is 79.9. The van der Waals surface area contributed by atoms with Gasteiger partial charge in [0.2, 0.25) is 0 Å². The average Bonchev–Trinajstić information content (AvgIpc) is 2.09. The second-order valence-electron chi connectivity index (χ2n) is 4.69. The molecule has 0 aliphatic carbocycles. The number of rotatable bonds is 0. The van der Waals surface area contributed by atoms with Gasteiger partial charge in [-0.3, -0.25) is 0 Å². The lowest BCUT2D eigenvalue weighted by atomic mass is 9.90. The molecule has 1 heterocycles. The Hall–Kier alpha value is -0.540. The summed E-state index contributed by atoms with van der Waals surface area (Å²) in [5, 5.41) is 10.1. The smallest absolute Gasteiger partial charge is 0.129 e. The Morgan fingerprint density at radius 2 is 2.13 bits per heavy atom. The molecule has 0 saturated carbocycles. The first-order chi connectivity index (χ1) is 6.91. The van der Waals surface area contributed by atoms with Gasteiger partial charge >= 0.3 is 0 Å². The molecule has 1 aromatic carbocycles. The maximum absolute atomic E-state index is 10.1. The van der Waals surface area contributed by atoms with Gasteiger partial charge in [-0.25, -0.2) is 0 Å². The highest BCUT2D eigenvalue weighted by molar-refractivity contribution is 9.10. The summed E-state index contributed by atoms with van der Waals surface area (Å²) in [6.07, 6.45) is 0.181. The zero-order valence-corrected chi connectivity index (χ0v) is 10.8. The average molecular weight is 271 g/mol. The lowest BCUT2D eigenvalue weighted by Gasteiger charge is -2.36. The summed E-state index contributed by atoms with van der Waals surface area (Å²) in [6.45, 7) is 6.00. The van der Waals surface area contributed by atoms with Crippen molar-refractivity contribution in [1.82, 2.24) is 0 Å². The number of aliphatic hydroxyl groups is 1. The third-order valence-electron chi connectivity index (χ3n) is 2.74. The predicted molar refractivity (Wildman–Crippen MR) is 63.2 cm³/mol. The van der Waals surface area contributed by atoms with Gasteiger partial charge in [-0.2, -0.15) is 0 Å². The summed E-state index contributed by atoms with van der Waals surface area (Å²) in [5.74, 6) is 0.827. The number of ether oxygens (including phenoxy) is 1. The summed E-state index contributed by atoms with van der Waals surface area (Å²) in [4.78, 5) is 0. The first-order valence-corrected chi connectivity index (χ1v) is 5.86. The Balaban J connectivity index is 2.59. The Bertz CT molecular complexity index is 399. The van der Waals surface area contributed by atoms with Crippen LogP contribution in [-0.4, -0.2) is 10.7 Å². The van der Waals surface area contributed by atoms with Crippen molar-refractivity contribution in [2.75, 3.05) is 0 Å². The normalized spacial score (nSPS) is 23.1. The van der Waals surface area contributed by atoms with E-state index in [0.29, 0.717) is 6.42 Å². The van der Waals surface area contributed by atoms with E-state index in [-0.39, 0.29) is 5.60 Å². The number of hydrogen-bond donors (Lipinski definition) is 1. The minimum Gasteiger partial charge on any atom is -0.487 e. The minimum atomic E-state index is -0.446. The van der Waals surface area contributed by atoms with E-state index >= 15 is 0 Å². The summed E-state index contributed by atoms with van der Waals surface area (Å²) < 4.78 is 6.83. The zero-order chi connectivity index (χ0) is 11.2. The molecule has 82 valence electrons. The standard InChI is InChI=1S/C12H15BrO2/c1-7-4-5-8(13)10-9(14)6-12(2,3)15-11(7)10/h4-5,9,14H,6H2,1-3H3. The molecule has 1 N–H and O–H groups in total. The van der Waals surface area contributed by atoms with Crippen LogP contribution in [0.15, 0.2) is 16.6 Å². The fourth-order valence-electron chi connectivity index (χ4n) is 2.02. The van der Waals surface area contributed by atoms with E-state index in [2.05, 4.69) is 15.9 Å². The van der Waals surface area contributed by atoms with Crippen molar-refractivity contribution in [2.45, 2.75) is 38.9 Å². The Kier molecular flexibility index (Phi) is 2.55. The van der Waals surface area contributed by atoms with Gasteiger partial charge in [0.1, 0.15) is 11.4 Å². The van der Waals surface area contributed by atoms with Crippen molar-refractivity contribution in [3.63, 3.8) is 0 Å². The summed E-state index contributed by atoms with van der Waals surface area (Å²) in [6, 6.07) is 3.95. The first kappa shape index (κ1) is 11.0. The lowest BCUT2D eigenvalue weighted by molar-refractivity contribution is 0.0104. The number of halogens is 1. The van der Waals surface area contributed by atoms with Crippen molar-refractivity contribution in [2.24, 2.45) is 0 Å². The van der Waals surface area contributed by atoms with E-state index in [4.69, 9.17) is 4.74 Å². The summed E-state index contributed by atoms with van der Waals surface area (Å²) >= 11 is 3.45. The monoisotopic (exact) mass is 270 g/mol. The molecule has 1 atom stereocenters. The molecule has 0 saturated heterocycles. The van der Waals surface area contributed by atoms with Crippen molar-refractivity contribution in [3.8, 4) is 5.75 Å². The van der Waals surface area contributed by atoms with Gasteiger partial charge in [0.25, 0.3) is 0 Å². The third-order valence-corrected chi connectivity index (χ3v) is 3.43. The Morgan fingerprint density at radius 3 is 2.80 bits per heavy atom. The second-order valence-corrected chi connectivity index (χ2v) is 5.54. The van der Waals surface area contributed by atoms with Crippen LogP contribution in [0.25, 0.3) is 0 Å². The van der Waals surface area contributed by atoms with Gasteiger partial charge in [0.15, 0.2) is 0 Å². The number of aliphatic hydroxyl groups excluding tert-OH is 1. The van der Waals surface area contributed by atoms with Crippen molar-refractivity contribution >= 4 is 15.9 Å². The van der Waals surface area contributed by atoms with Gasteiger partial charge in [-0.15, -0.1) is 0 Å². The summed E-state index contributed by atoms with van der Waals surface area (Å²) in [5.41, 5.74) is 1.66. The van der Waals surface area contributed by atoms with Crippen LogP contribution in [0.4, 0.5) is 0 Å². The predicted octanol–water partition coefficient (Wildman–Crippen LogP) is 3.35. The third kappa shape index (κ3) is 1.91.